The summed E-state index contributed by atoms with van der Waals surface area (Å²) in [4.78, 5) is 40.1. The molecule has 3 aliphatic rings. The predicted octanol–water partition coefficient (Wildman–Crippen LogP) is 1.53. The third-order valence-corrected chi connectivity index (χ3v) is 6.17. The van der Waals surface area contributed by atoms with E-state index in [0.29, 0.717) is 24.4 Å². The highest BCUT2D eigenvalue weighted by molar-refractivity contribution is 6.05. The maximum absolute atomic E-state index is 12.7. The lowest BCUT2D eigenvalue weighted by molar-refractivity contribution is -0.136. The van der Waals surface area contributed by atoms with Crippen LogP contribution in [0.25, 0.3) is 0 Å². The van der Waals surface area contributed by atoms with E-state index in [1.54, 1.807) is 11.0 Å². The number of nitrogens with one attached hydrogen (secondary N) is 1. The molecule has 1 unspecified atom stereocenters. The van der Waals surface area contributed by atoms with Crippen molar-refractivity contribution >= 4 is 17.7 Å². The van der Waals surface area contributed by atoms with Crippen molar-refractivity contribution in [3.05, 3.63) is 34.9 Å². The summed E-state index contributed by atoms with van der Waals surface area (Å²) in [5, 5.41) is 2.33. The first-order valence-corrected chi connectivity index (χ1v) is 10.5. The van der Waals surface area contributed by atoms with Gasteiger partial charge in [-0.1, -0.05) is 17.8 Å². The molecule has 4 rings (SSSR count). The number of hydrogen-bond acceptors (Lipinski definition) is 4. The van der Waals surface area contributed by atoms with Gasteiger partial charge in [0.25, 0.3) is 5.91 Å². The smallest absolute Gasteiger partial charge is 0.255 e. The molecule has 0 bridgehead atoms. The van der Waals surface area contributed by atoms with Gasteiger partial charge in [-0.05, 0) is 62.0 Å². The van der Waals surface area contributed by atoms with E-state index in [4.69, 9.17) is 6.42 Å². The topological polar surface area (TPSA) is 69.7 Å². The van der Waals surface area contributed by atoms with Gasteiger partial charge < -0.3 is 4.90 Å². The summed E-state index contributed by atoms with van der Waals surface area (Å²) in [6.07, 6.45) is 9.11. The lowest BCUT2D eigenvalue weighted by Gasteiger charge is -2.29. The third-order valence-electron chi connectivity index (χ3n) is 6.17. The summed E-state index contributed by atoms with van der Waals surface area (Å²) in [6.45, 7) is 3.17. The second-order valence-corrected chi connectivity index (χ2v) is 8.20. The van der Waals surface area contributed by atoms with Crippen molar-refractivity contribution in [1.82, 2.24) is 15.1 Å². The van der Waals surface area contributed by atoms with Crippen LogP contribution in [0.3, 0.4) is 0 Å². The zero-order valence-corrected chi connectivity index (χ0v) is 16.9. The Bertz CT molecular complexity index is 974. The molecule has 0 aromatic heterocycles. The first-order valence-electron chi connectivity index (χ1n) is 10.5. The number of hydrogen-bond donors (Lipinski definition) is 1. The molecule has 3 aliphatic heterocycles. The van der Waals surface area contributed by atoms with Crippen molar-refractivity contribution in [2.75, 3.05) is 19.6 Å². The zero-order valence-electron chi connectivity index (χ0n) is 16.9. The molecule has 2 saturated heterocycles. The standard InChI is InChI=1S/C24H25N3O3/c1-2-12-26-13-10-17(11-14-26)4-3-5-18-6-7-20-19(15-18)16-27(24(20)30)21-8-9-22(28)25-23(21)29/h1,6-7,15,17,21H,4,8-14,16H2,(H,25,28,29). The van der Waals surface area contributed by atoms with E-state index < -0.39 is 6.04 Å². The molecule has 6 nitrogen and oxygen atoms in total. The fourth-order valence-corrected chi connectivity index (χ4v) is 4.43. The van der Waals surface area contributed by atoms with Gasteiger partial charge in [-0.15, -0.1) is 6.42 Å². The van der Waals surface area contributed by atoms with Gasteiger partial charge in [-0.25, -0.2) is 0 Å². The minimum Gasteiger partial charge on any atom is -0.322 e. The number of imide groups is 1. The fraction of sp³-hybridized carbons (Fsp3) is 0.458. The molecule has 2 fully saturated rings. The average Bonchev–Trinajstić information content (AvgIpc) is 3.05. The Hall–Kier alpha value is -3.09. The molecule has 1 aromatic carbocycles. The SMILES string of the molecule is C#CCN1CCC(CC#Cc2ccc3c(c2)CN(C2CCC(=O)NC2=O)C3=O)CC1. The zero-order chi connectivity index (χ0) is 21.1. The number of likely N-dealkylation sites (tertiary alicyclic amines) is 1. The van der Waals surface area contributed by atoms with Crippen LogP contribution in [0.1, 0.15) is 53.6 Å². The molecule has 0 radical (unpaired) electrons. The van der Waals surface area contributed by atoms with Gasteiger partial charge in [0.05, 0.1) is 6.54 Å². The maximum atomic E-state index is 12.7. The number of amides is 3. The predicted molar refractivity (Wildman–Crippen MR) is 112 cm³/mol. The molecular weight excluding hydrogens is 378 g/mol. The molecule has 6 heteroatoms. The van der Waals surface area contributed by atoms with E-state index in [0.717, 1.165) is 50.0 Å². The van der Waals surface area contributed by atoms with Gasteiger partial charge in [-0.2, -0.15) is 0 Å². The Morgan fingerprint density at radius 2 is 1.93 bits per heavy atom. The van der Waals surface area contributed by atoms with Crippen LogP contribution >= 0.6 is 0 Å². The quantitative estimate of drug-likeness (QED) is 0.614. The molecular formula is C24H25N3O3. The number of terminal acetylenes is 1. The van der Waals surface area contributed by atoms with Crippen LogP contribution in [0.15, 0.2) is 18.2 Å². The van der Waals surface area contributed by atoms with Gasteiger partial charge in [0, 0.05) is 30.5 Å². The van der Waals surface area contributed by atoms with Gasteiger partial charge >= 0.3 is 0 Å². The van der Waals surface area contributed by atoms with E-state index >= 15 is 0 Å². The highest BCUT2D eigenvalue weighted by Crippen LogP contribution is 2.28. The maximum Gasteiger partial charge on any atom is 0.255 e. The summed E-state index contributed by atoms with van der Waals surface area (Å²) >= 11 is 0. The van der Waals surface area contributed by atoms with Crippen molar-refractivity contribution < 1.29 is 14.4 Å². The minimum atomic E-state index is -0.586. The Kier molecular flexibility index (Phi) is 5.88. The summed E-state index contributed by atoms with van der Waals surface area (Å²) in [5.41, 5.74) is 2.39. The molecule has 1 N–H and O–H groups in total. The van der Waals surface area contributed by atoms with Gasteiger partial charge in [-0.3, -0.25) is 24.6 Å². The summed E-state index contributed by atoms with van der Waals surface area (Å²) < 4.78 is 0. The van der Waals surface area contributed by atoms with Crippen LogP contribution in [0.4, 0.5) is 0 Å². The van der Waals surface area contributed by atoms with Gasteiger partial charge in [0.2, 0.25) is 11.8 Å². The number of fused-ring (bicyclic) bond motifs is 1. The molecule has 0 saturated carbocycles. The Morgan fingerprint density at radius 1 is 1.13 bits per heavy atom. The Morgan fingerprint density at radius 3 is 2.67 bits per heavy atom. The van der Waals surface area contributed by atoms with E-state index in [9.17, 15) is 14.4 Å². The van der Waals surface area contributed by atoms with Crippen molar-refractivity contribution in [2.24, 2.45) is 5.92 Å². The normalized spacial score (nSPS) is 22.2. The number of benzene rings is 1. The van der Waals surface area contributed by atoms with Crippen molar-refractivity contribution in [3.8, 4) is 24.2 Å². The molecule has 3 heterocycles. The molecule has 3 amide bonds. The first-order chi connectivity index (χ1) is 14.5. The van der Waals surface area contributed by atoms with Gasteiger partial charge in [0.1, 0.15) is 6.04 Å². The second kappa shape index (κ2) is 8.73. The van der Waals surface area contributed by atoms with Crippen LogP contribution in [-0.4, -0.2) is 53.2 Å². The van der Waals surface area contributed by atoms with Crippen LogP contribution in [-0.2, 0) is 16.1 Å². The number of piperidine rings is 2. The second-order valence-electron chi connectivity index (χ2n) is 8.20. The first kappa shape index (κ1) is 20.2. The van der Waals surface area contributed by atoms with Crippen LogP contribution in [0.2, 0.25) is 0 Å². The molecule has 0 aliphatic carbocycles. The number of rotatable bonds is 3. The Labute approximate surface area is 177 Å². The monoisotopic (exact) mass is 403 g/mol. The number of carbonyl (C=O) groups excluding carboxylic acids is 3. The van der Waals surface area contributed by atoms with Crippen molar-refractivity contribution in [2.45, 2.75) is 44.7 Å². The average molecular weight is 403 g/mol. The summed E-state index contributed by atoms with van der Waals surface area (Å²) in [7, 11) is 0. The fourth-order valence-electron chi connectivity index (χ4n) is 4.43. The third kappa shape index (κ3) is 4.25. The Balaban J connectivity index is 1.37. The van der Waals surface area contributed by atoms with E-state index in [-0.39, 0.29) is 24.1 Å². The minimum absolute atomic E-state index is 0.155. The van der Waals surface area contributed by atoms with E-state index in [1.165, 1.54) is 0 Å². The molecule has 1 atom stereocenters. The van der Waals surface area contributed by atoms with E-state index in [1.807, 2.05) is 12.1 Å². The van der Waals surface area contributed by atoms with Crippen LogP contribution in [0.5, 0.6) is 0 Å². The van der Waals surface area contributed by atoms with Crippen molar-refractivity contribution in [1.29, 1.82) is 0 Å². The number of nitrogens with zero attached hydrogens (tertiary/aromatic N) is 2. The van der Waals surface area contributed by atoms with E-state index in [2.05, 4.69) is 28.0 Å². The van der Waals surface area contributed by atoms with Crippen LogP contribution < -0.4 is 5.32 Å². The van der Waals surface area contributed by atoms with Gasteiger partial charge in [0.15, 0.2) is 0 Å². The lowest BCUT2D eigenvalue weighted by atomic mass is 9.93. The molecule has 154 valence electrons. The molecule has 0 spiro atoms. The molecule has 30 heavy (non-hydrogen) atoms. The summed E-state index contributed by atoms with van der Waals surface area (Å²) in [5.74, 6) is 9.01. The lowest BCUT2D eigenvalue weighted by Crippen LogP contribution is -2.52. The largest absolute Gasteiger partial charge is 0.322 e. The highest BCUT2D eigenvalue weighted by Gasteiger charge is 2.38. The molecule has 1 aromatic rings. The number of carbonyl (C=O) groups is 3. The van der Waals surface area contributed by atoms with Crippen LogP contribution in [0, 0.1) is 30.1 Å². The summed E-state index contributed by atoms with van der Waals surface area (Å²) in [6, 6.07) is 5.03. The highest BCUT2D eigenvalue weighted by atomic mass is 16.2. The van der Waals surface area contributed by atoms with Crippen molar-refractivity contribution in [3.63, 3.8) is 0 Å².